The Hall–Kier alpha value is -3.79. The van der Waals surface area contributed by atoms with Crippen molar-refractivity contribution in [3.63, 3.8) is 0 Å². The van der Waals surface area contributed by atoms with Crippen molar-refractivity contribution in [1.82, 2.24) is 14.9 Å². The molecule has 1 aliphatic heterocycles. The van der Waals surface area contributed by atoms with Crippen LogP contribution in [0.15, 0.2) is 54.9 Å². The summed E-state index contributed by atoms with van der Waals surface area (Å²) in [6.45, 7) is -0.669. The molecule has 0 saturated carbocycles. The summed E-state index contributed by atoms with van der Waals surface area (Å²) >= 11 is 0. The maximum absolute atomic E-state index is 12.3. The molecule has 0 spiro atoms. The first-order valence-corrected chi connectivity index (χ1v) is 11.3. The number of nitrogens with zero attached hydrogens (tertiary/aromatic N) is 3. The Kier molecular flexibility index (Phi) is 7.71. The molecule has 1 saturated heterocycles. The van der Waals surface area contributed by atoms with E-state index in [1.807, 2.05) is 6.07 Å². The molecule has 35 heavy (non-hydrogen) atoms. The number of rotatable bonds is 9. The molecule has 184 valence electrons. The van der Waals surface area contributed by atoms with E-state index in [1.54, 1.807) is 36.7 Å². The minimum Gasteiger partial charge on any atom is -0.508 e. The molecule has 10 heteroatoms. The number of likely N-dealkylation sites (tertiary alicyclic amines) is 1. The van der Waals surface area contributed by atoms with Gasteiger partial charge in [-0.2, -0.15) is 8.78 Å². The van der Waals surface area contributed by atoms with Crippen LogP contribution in [0.25, 0.3) is 11.1 Å². The average Bonchev–Trinajstić information content (AvgIpc) is 2.85. The van der Waals surface area contributed by atoms with E-state index in [2.05, 4.69) is 24.9 Å². The standard InChI is InChI=1S/C25H26F2N4O4/c26-24(27)35-21-4-1-16(2-5-21)19-14-28-25(29-15-19)30-20-3-6-22(32)18(13-20)9-12-31-10-7-17(8-11-31)23(33)34/h1-6,13-15,17,24,32H,7-12H2,(H,33,34)(H,28,29,30). The van der Waals surface area contributed by atoms with E-state index in [4.69, 9.17) is 5.11 Å². The number of hydrogen-bond donors (Lipinski definition) is 3. The molecule has 0 aliphatic carbocycles. The number of aromatic nitrogens is 2. The largest absolute Gasteiger partial charge is 0.508 e. The second-order valence-corrected chi connectivity index (χ2v) is 8.37. The number of carbonyl (C=O) groups is 1. The lowest BCUT2D eigenvalue weighted by atomic mass is 9.97. The summed E-state index contributed by atoms with van der Waals surface area (Å²) in [6, 6.07) is 11.4. The van der Waals surface area contributed by atoms with Crippen molar-refractivity contribution in [1.29, 1.82) is 0 Å². The summed E-state index contributed by atoms with van der Waals surface area (Å²) in [7, 11) is 0. The third-order valence-electron chi connectivity index (χ3n) is 6.03. The molecule has 0 atom stereocenters. The van der Waals surface area contributed by atoms with E-state index in [0.29, 0.717) is 25.2 Å². The SMILES string of the molecule is O=C(O)C1CCN(CCc2cc(Nc3ncc(-c4ccc(OC(F)F)cc4)cn3)ccc2O)CC1. The third kappa shape index (κ3) is 6.63. The zero-order valence-corrected chi connectivity index (χ0v) is 18.9. The number of phenols is 1. The summed E-state index contributed by atoms with van der Waals surface area (Å²) in [5, 5.41) is 22.5. The average molecular weight is 485 g/mol. The minimum absolute atomic E-state index is 0.0795. The summed E-state index contributed by atoms with van der Waals surface area (Å²) in [6.07, 6.45) is 5.17. The first kappa shape index (κ1) is 24.3. The highest BCUT2D eigenvalue weighted by Crippen LogP contribution is 2.26. The maximum Gasteiger partial charge on any atom is 0.387 e. The Bertz CT molecular complexity index is 1140. The molecule has 0 unspecified atom stereocenters. The molecule has 1 aromatic heterocycles. The van der Waals surface area contributed by atoms with Gasteiger partial charge < -0.3 is 25.2 Å². The number of ether oxygens (including phenoxy) is 1. The smallest absolute Gasteiger partial charge is 0.387 e. The van der Waals surface area contributed by atoms with Gasteiger partial charge in [0.25, 0.3) is 0 Å². The van der Waals surface area contributed by atoms with Crippen LogP contribution in [0, 0.1) is 5.92 Å². The molecule has 1 aliphatic rings. The molecule has 3 aromatic rings. The van der Waals surface area contributed by atoms with Crippen molar-refractivity contribution in [2.24, 2.45) is 5.92 Å². The zero-order chi connectivity index (χ0) is 24.8. The summed E-state index contributed by atoms with van der Waals surface area (Å²) < 4.78 is 29.0. The number of phenolic OH excluding ortho intramolecular Hbond substituents is 1. The van der Waals surface area contributed by atoms with E-state index in [1.165, 1.54) is 12.1 Å². The van der Waals surface area contributed by atoms with Crippen LogP contribution in [0.4, 0.5) is 20.4 Å². The summed E-state index contributed by atoms with van der Waals surface area (Å²) in [4.78, 5) is 22.0. The van der Waals surface area contributed by atoms with Gasteiger partial charge in [0.2, 0.25) is 5.95 Å². The lowest BCUT2D eigenvalue weighted by Crippen LogP contribution is -2.37. The van der Waals surface area contributed by atoms with Crippen LogP contribution in [0.5, 0.6) is 11.5 Å². The molecule has 2 heterocycles. The molecule has 0 radical (unpaired) electrons. The molecule has 1 fully saturated rings. The Balaban J connectivity index is 1.34. The molecule has 8 nitrogen and oxygen atoms in total. The van der Waals surface area contributed by atoms with Gasteiger partial charge in [-0.15, -0.1) is 0 Å². The number of hydrogen-bond acceptors (Lipinski definition) is 7. The van der Waals surface area contributed by atoms with Crippen LogP contribution >= 0.6 is 0 Å². The van der Waals surface area contributed by atoms with Gasteiger partial charge in [0, 0.05) is 30.2 Å². The quantitative estimate of drug-likeness (QED) is 0.380. The highest BCUT2D eigenvalue weighted by molar-refractivity contribution is 5.70. The molecule has 0 bridgehead atoms. The van der Waals surface area contributed by atoms with Crippen molar-refractivity contribution in [2.75, 3.05) is 25.0 Å². The van der Waals surface area contributed by atoms with Gasteiger partial charge in [0.05, 0.1) is 5.92 Å². The number of anilines is 2. The van der Waals surface area contributed by atoms with Crippen molar-refractivity contribution >= 4 is 17.6 Å². The summed E-state index contributed by atoms with van der Waals surface area (Å²) in [5.41, 5.74) is 2.98. The maximum atomic E-state index is 12.3. The van der Waals surface area contributed by atoms with E-state index in [-0.39, 0.29) is 17.4 Å². The van der Waals surface area contributed by atoms with Crippen LogP contribution in [-0.4, -0.2) is 57.3 Å². The third-order valence-corrected chi connectivity index (χ3v) is 6.03. The number of aromatic hydroxyl groups is 1. The predicted octanol–water partition coefficient (Wildman–Crippen LogP) is 4.53. The van der Waals surface area contributed by atoms with Gasteiger partial charge in [0.1, 0.15) is 11.5 Å². The fourth-order valence-electron chi connectivity index (χ4n) is 4.05. The molecular weight excluding hydrogens is 458 g/mol. The number of halogens is 2. The fraction of sp³-hybridized carbons (Fsp3) is 0.320. The predicted molar refractivity (Wildman–Crippen MR) is 126 cm³/mol. The number of alkyl halides is 2. The molecule has 4 rings (SSSR count). The molecule has 0 amide bonds. The van der Waals surface area contributed by atoms with Crippen LogP contribution in [0.2, 0.25) is 0 Å². The monoisotopic (exact) mass is 484 g/mol. The van der Waals surface area contributed by atoms with Gasteiger partial charge in [-0.1, -0.05) is 12.1 Å². The minimum atomic E-state index is -2.87. The Labute approximate surface area is 201 Å². The molecule has 2 aromatic carbocycles. The van der Waals surface area contributed by atoms with Crippen LogP contribution in [0.3, 0.4) is 0 Å². The Morgan fingerprint density at radius 3 is 2.40 bits per heavy atom. The van der Waals surface area contributed by atoms with Crippen molar-refractivity contribution in [3.05, 3.63) is 60.4 Å². The van der Waals surface area contributed by atoms with Gasteiger partial charge in [-0.05, 0) is 73.8 Å². The number of piperidine rings is 1. The number of carboxylic acids is 1. The van der Waals surface area contributed by atoms with Gasteiger partial charge in [-0.25, -0.2) is 9.97 Å². The summed E-state index contributed by atoms with van der Waals surface area (Å²) in [5.74, 6) is -0.341. The first-order valence-electron chi connectivity index (χ1n) is 11.3. The van der Waals surface area contributed by atoms with Crippen molar-refractivity contribution in [2.45, 2.75) is 25.9 Å². The van der Waals surface area contributed by atoms with Gasteiger partial charge >= 0.3 is 12.6 Å². The lowest BCUT2D eigenvalue weighted by Gasteiger charge is -2.30. The fourth-order valence-corrected chi connectivity index (χ4v) is 4.05. The van der Waals surface area contributed by atoms with E-state index >= 15 is 0 Å². The van der Waals surface area contributed by atoms with Crippen LogP contribution in [-0.2, 0) is 11.2 Å². The highest BCUT2D eigenvalue weighted by Gasteiger charge is 2.24. The van der Waals surface area contributed by atoms with Crippen molar-refractivity contribution in [3.8, 4) is 22.6 Å². The second-order valence-electron chi connectivity index (χ2n) is 8.37. The van der Waals surface area contributed by atoms with Gasteiger partial charge in [0.15, 0.2) is 0 Å². The topological polar surface area (TPSA) is 108 Å². The number of benzene rings is 2. The van der Waals surface area contributed by atoms with Gasteiger partial charge in [-0.3, -0.25) is 4.79 Å². The first-order chi connectivity index (χ1) is 16.9. The van der Waals surface area contributed by atoms with Crippen LogP contribution in [0.1, 0.15) is 18.4 Å². The van der Waals surface area contributed by atoms with E-state index in [9.17, 15) is 18.7 Å². The van der Waals surface area contributed by atoms with E-state index in [0.717, 1.165) is 42.0 Å². The normalized spacial score (nSPS) is 14.7. The second kappa shape index (κ2) is 11.1. The Morgan fingerprint density at radius 2 is 1.77 bits per heavy atom. The lowest BCUT2D eigenvalue weighted by molar-refractivity contribution is -0.143. The zero-order valence-electron chi connectivity index (χ0n) is 18.9. The molecule has 3 N–H and O–H groups in total. The molecular formula is C25H26F2N4O4. The van der Waals surface area contributed by atoms with E-state index < -0.39 is 12.6 Å². The Morgan fingerprint density at radius 1 is 1.09 bits per heavy atom. The van der Waals surface area contributed by atoms with Crippen LogP contribution < -0.4 is 10.1 Å². The number of nitrogens with one attached hydrogen (secondary N) is 1. The van der Waals surface area contributed by atoms with Crippen molar-refractivity contribution < 1.29 is 28.5 Å². The number of aliphatic carboxylic acids is 1. The highest BCUT2D eigenvalue weighted by atomic mass is 19.3. The number of carboxylic acid groups (broad SMARTS) is 1.